The van der Waals surface area contributed by atoms with Crippen molar-refractivity contribution < 1.29 is 0 Å². The van der Waals surface area contributed by atoms with Gasteiger partial charge in [-0.1, -0.05) is 13.0 Å². The van der Waals surface area contributed by atoms with Crippen LogP contribution < -0.4 is 5.32 Å². The quantitative estimate of drug-likeness (QED) is 0.782. The van der Waals surface area contributed by atoms with Gasteiger partial charge in [-0.05, 0) is 37.9 Å². The fraction of sp³-hybridized carbons (Fsp3) is 0.643. The predicted molar refractivity (Wildman–Crippen MR) is 70.9 cm³/mol. The lowest BCUT2D eigenvalue weighted by Crippen LogP contribution is -2.34. The number of nitrogens with one attached hydrogen (secondary N) is 1. The van der Waals surface area contributed by atoms with Crippen molar-refractivity contribution in [1.82, 2.24) is 15.2 Å². The molecule has 17 heavy (non-hydrogen) atoms. The maximum Gasteiger partial charge on any atom is 0.0315 e. The van der Waals surface area contributed by atoms with Crippen LogP contribution in [0.5, 0.6) is 0 Å². The molecule has 1 saturated carbocycles. The maximum absolute atomic E-state index is 4.15. The average Bonchev–Trinajstić information content (AvgIpc) is 3.20. The molecule has 2 rings (SSSR count). The van der Waals surface area contributed by atoms with Gasteiger partial charge in [0.1, 0.15) is 0 Å². The summed E-state index contributed by atoms with van der Waals surface area (Å²) in [6, 6.07) is 5.39. The van der Waals surface area contributed by atoms with Gasteiger partial charge in [-0.2, -0.15) is 0 Å². The lowest BCUT2D eigenvalue weighted by Gasteiger charge is -2.21. The van der Waals surface area contributed by atoms with E-state index in [1.807, 2.05) is 18.5 Å². The molecule has 1 fully saturated rings. The van der Waals surface area contributed by atoms with Crippen molar-refractivity contribution >= 4 is 0 Å². The van der Waals surface area contributed by atoms with E-state index in [0.717, 1.165) is 19.1 Å². The fourth-order valence-corrected chi connectivity index (χ4v) is 2.21. The summed E-state index contributed by atoms with van der Waals surface area (Å²) in [6.07, 6.45) is 6.55. The summed E-state index contributed by atoms with van der Waals surface area (Å²) in [7, 11) is 0. The Kier molecular flexibility index (Phi) is 4.51. The summed E-state index contributed by atoms with van der Waals surface area (Å²) in [4.78, 5) is 6.73. The smallest absolute Gasteiger partial charge is 0.0315 e. The minimum atomic E-state index is 0.390. The number of pyridine rings is 1. The first-order chi connectivity index (χ1) is 8.31. The molecule has 0 amide bonds. The molecule has 0 bridgehead atoms. The molecule has 0 saturated heterocycles. The van der Waals surface area contributed by atoms with Gasteiger partial charge >= 0.3 is 0 Å². The minimum Gasteiger partial charge on any atom is -0.309 e. The van der Waals surface area contributed by atoms with Crippen molar-refractivity contribution in [3.05, 3.63) is 30.1 Å². The third-order valence-corrected chi connectivity index (χ3v) is 3.50. The molecule has 3 nitrogen and oxygen atoms in total. The Hall–Kier alpha value is -0.930. The van der Waals surface area contributed by atoms with Gasteiger partial charge in [0.05, 0.1) is 0 Å². The Bertz CT molecular complexity index is 321. The first-order valence-corrected chi connectivity index (χ1v) is 6.68. The van der Waals surface area contributed by atoms with E-state index >= 15 is 0 Å². The van der Waals surface area contributed by atoms with E-state index < -0.39 is 0 Å². The summed E-state index contributed by atoms with van der Waals surface area (Å²) in [6.45, 7) is 7.84. The van der Waals surface area contributed by atoms with Gasteiger partial charge in [-0.25, -0.2) is 0 Å². The third-order valence-electron chi connectivity index (χ3n) is 3.50. The SMILES string of the molecule is CCN(CCNC(C)c1cccnc1)C1CC1. The molecular formula is C14H23N3. The topological polar surface area (TPSA) is 28.2 Å². The van der Waals surface area contributed by atoms with E-state index in [0.29, 0.717) is 6.04 Å². The van der Waals surface area contributed by atoms with Gasteiger partial charge in [0.2, 0.25) is 0 Å². The Morgan fingerprint density at radius 1 is 1.53 bits per heavy atom. The molecule has 1 unspecified atom stereocenters. The average molecular weight is 233 g/mol. The van der Waals surface area contributed by atoms with Crippen LogP contribution in [0.1, 0.15) is 38.3 Å². The second-order valence-corrected chi connectivity index (χ2v) is 4.82. The zero-order valence-electron chi connectivity index (χ0n) is 10.9. The van der Waals surface area contributed by atoms with Gasteiger partial charge in [0, 0.05) is 37.6 Å². The van der Waals surface area contributed by atoms with Crippen molar-refractivity contribution in [1.29, 1.82) is 0 Å². The monoisotopic (exact) mass is 233 g/mol. The molecule has 94 valence electrons. The molecule has 0 aromatic carbocycles. The molecule has 1 aliphatic carbocycles. The van der Waals surface area contributed by atoms with Crippen LogP contribution in [-0.2, 0) is 0 Å². The lowest BCUT2D eigenvalue weighted by atomic mass is 10.1. The van der Waals surface area contributed by atoms with Gasteiger partial charge in [-0.15, -0.1) is 0 Å². The highest BCUT2D eigenvalue weighted by atomic mass is 15.2. The number of nitrogens with zero attached hydrogens (tertiary/aromatic N) is 2. The Morgan fingerprint density at radius 2 is 2.35 bits per heavy atom. The van der Waals surface area contributed by atoms with E-state index in [9.17, 15) is 0 Å². The number of hydrogen-bond donors (Lipinski definition) is 1. The van der Waals surface area contributed by atoms with E-state index in [-0.39, 0.29) is 0 Å². The molecule has 0 aliphatic heterocycles. The third kappa shape index (κ3) is 3.79. The second-order valence-electron chi connectivity index (χ2n) is 4.82. The number of rotatable bonds is 7. The Labute approximate surface area is 104 Å². The second kappa shape index (κ2) is 6.12. The van der Waals surface area contributed by atoms with Crippen molar-refractivity contribution in [2.24, 2.45) is 0 Å². The van der Waals surface area contributed by atoms with Gasteiger partial charge < -0.3 is 5.32 Å². The molecule has 1 N–H and O–H groups in total. The molecule has 1 aromatic heterocycles. The number of likely N-dealkylation sites (N-methyl/N-ethyl adjacent to an activating group) is 1. The zero-order chi connectivity index (χ0) is 12.1. The van der Waals surface area contributed by atoms with Crippen LogP contribution in [-0.4, -0.2) is 35.6 Å². The molecule has 0 radical (unpaired) electrons. The highest BCUT2D eigenvalue weighted by Gasteiger charge is 2.27. The first kappa shape index (κ1) is 12.5. The lowest BCUT2D eigenvalue weighted by molar-refractivity contribution is 0.273. The van der Waals surface area contributed by atoms with E-state index in [4.69, 9.17) is 0 Å². The summed E-state index contributed by atoms with van der Waals surface area (Å²) < 4.78 is 0. The summed E-state index contributed by atoms with van der Waals surface area (Å²) >= 11 is 0. The van der Waals surface area contributed by atoms with Crippen molar-refractivity contribution in [3.63, 3.8) is 0 Å². The standard InChI is InChI=1S/C14H23N3/c1-3-17(14-6-7-14)10-9-16-12(2)13-5-4-8-15-11-13/h4-5,8,11-12,14,16H,3,6-7,9-10H2,1-2H3. The summed E-state index contributed by atoms with van der Waals surface area (Å²) in [5, 5.41) is 3.56. The van der Waals surface area contributed by atoms with E-state index in [1.165, 1.54) is 24.9 Å². The highest BCUT2D eigenvalue weighted by Crippen LogP contribution is 2.25. The molecule has 3 heteroatoms. The first-order valence-electron chi connectivity index (χ1n) is 6.68. The largest absolute Gasteiger partial charge is 0.309 e. The van der Waals surface area contributed by atoms with Gasteiger partial charge in [-0.3, -0.25) is 9.88 Å². The molecule has 1 aliphatic rings. The van der Waals surface area contributed by atoms with E-state index in [2.05, 4.69) is 35.1 Å². The Balaban J connectivity index is 1.71. The van der Waals surface area contributed by atoms with Gasteiger partial charge in [0.25, 0.3) is 0 Å². The summed E-state index contributed by atoms with van der Waals surface area (Å²) in [5.74, 6) is 0. The van der Waals surface area contributed by atoms with Gasteiger partial charge in [0.15, 0.2) is 0 Å². The van der Waals surface area contributed by atoms with Crippen LogP contribution in [0.4, 0.5) is 0 Å². The number of hydrogen-bond acceptors (Lipinski definition) is 3. The minimum absolute atomic E-state index is 0.390. The summed E-state index contributed by atoms with van der Waals surface area (Å²) in [5.41, 5.74) is 1.27. The molecule has 0 spiro atoms. The predicted octanol–water partition coefficient (Wildman–Crippen LogP) is 2.22. The van der Waals surface area contributed by atoms with Crippen molar-refractivity contribution in [2.45, 2.75) is 38.8 Å². The normalized spacial score (nSPS) is 17.4. The van der Waals surface area contributed by atoms with Crippen LogP contribution in [0.25, 0.3) is 0 Å². The molecular weight excluding hydrogens is 210 g/mol. The fourth-order valence-electron chi connectivity index (χ4n) is 2.21. The van der Waals surface area contributed by atoms with Crippen LogP contribution in [0, 0.1) is 0 Å². The van der Waals surface area contributed by atoms with Crippen molar-refractivity contribution in [3.8, 4) is 0 Å². The molecule has 1 aromatic rings. The number of aromatic nitrogens is 1. The van der Waals surface area contributed by atoms with Crippen molar-refractivity contribution in [2.75, 3.05) is 19.6 Å². The van der Waals surface area contributed by atoms with Crippen LogP contribution in [0.3, 0.4) is 0 Å². The Morgan fingerprint density at radius 3 is 2.94 bits per heavy atom. The molecule has 1 heterocycles. The van der Waals surface area contributed by atoms with Crippen LogP contribution in [0.15, 0.2) is 24.5 Å². The van der Waals surface area contributed by atoms with Crippen LogP contribution >= 0.6 is 0 Å². The van der Waals surface area contributed by atoms with Crippen LogP contribution in [0.2, 0.25) is 0 Å². The zero-order valence-corrected chi connectivity index (χ0v) is 10.9. The van der Waals surface area contributed by atoms with E-state index in [1.54, 1.807) is 0 Å². The molecule has 1 atom stereocenters. The highest BCUT2D eigenvalue weighted by molar-refractivity contribution is 5.12. The maximum atomic E-state index is 4.15.